The van der Waals surface area contributed by atoms with Crippen LogP contribution in [0, 0.1) is 6.92 Å². The Balaban J connectivity index is 1.51. The van der Waals surface area contributed by atoms with Gasteiger partial charge < -0.3 is 20.1 Å². The summed E-state index contributed by atoms with van der Waals surface area (Å²) in [5.41, 5.74) is 3.05. The van der Waals surface area contributed by atoms with Crippen molar-refractivity contribution in [3.8, 4) is 11.5 Å². The van der Waals surface area contributed by atoms with Crippen LogP contribution in [-0.2, 0) is 11.3 Å². The Hall–Kier alpha value is -2.57. The lowest BCUT2D eigenvalue weighted by Crippen LogP contribution is -2.37. The SMILES string of the molecule is CCOc1cc(CNC[C@@H]2CCCN2CC)ccc1OCC(=O)Nc1ccc(C)cc1. The second-order valence-corrected chi connectivity index (χ2v) is 7.97. The van der Waals surface area contributed by atoms with Gasteiger partial charge in [-0.3, -0.25) is 9.69 Å². The van der Waals surface area contributed by atoms with E-state index in [4.69, 9.17) is 9.47 Å². The quantitative estimate of drug-likeness (QED) is 0.570. The molecule has 1 atom stereocenters. The summed E-state index contributed by atoms with van der Waals surface area (Å²) in [4.78, 5) is 14.8. The maximum absolute atomic E-state index is 12.2. The first-order valence-electron chi connectivity index (χ1n) is 11.3. The first-order chi connectivity index (χ1) is 15.1. The third-order valence-electron chi connectivity index (χ3n) is 5.62. The van der Waals surface area contributed by atoms with Gasteiger partial charge in [0.1, 0.15) is 0 Å². The number of benzene rings is 2. The van der Waals surface area contributed by atoms with E-state index in [0.717, 1.165) is 36.4 Å². The zero-order chi connectivity index (χ0) is 22.1. The van der Waals surface area contributed by atoms with Gasteiger partial charge in [0.25, 0.3) is 5.91 Å². The number of nitrogens with one attached hydrogen (secondary N) is 2. The smallest absolute Gasteiger partial charge is 0.262 e. The minimum absolute atomic E-state index is 0.0694. The van der Waals surface area contributed by atoms with Crippen molar-refractivity contribution in [2.24, 2.45) is 0 Å². The number of likely N-dealkylation sites (tertiary alicyclic amines) is 1. The van der Waals surface area contributed by atoms with E-state index in [0.29, 0.717) is 24.1 Å². The molecule has 1 saturated heterocycles. The predicted octanol–water partition coefficient (Wildman–Crippen LogP) is 3.99. The molecule has 0 aliphatic carbocycles. The molecular formula is C25H35N3O3. The van der Waals surface area contributed by atoms with E-state index in [2.05, 4.69) is 22.5 Å². The van der Waals surface area contributed by atoms with Crippen LogP contribution in [0.1, 0.15) is 37.8 Å². The summed E-state index contributed by atoms with van der Waals surface area (Å²) in [6.45, 7) is 10.8. The number of likely N-dealkylation sites (N-methyl/N-ethyl adjacent to an activating group) is 1. The monoisotopic (exact) mass is 425 g/mol. The molecule has 6 heteroatoms. The van der Waals surface area contributed by atoms with E-state index >= 15 is 0 Å². The van der Waals surface area contributed by atoms with Gasteiger partial charge >= 0.3 is 0 Å². The maximum atomic E-state index is 12.2. The number of hydrogen-bond acceptors (Lipinski definition) is 5. The molecule has 3 rings (SSSR count). The first-order valence-corrected chi connectivity index (χ1v) is 11.3. The highest BCUT2D eigenvalue weighted by Gasteiger charge is 2.22. The van der Waals surface area contributed by atoms with Gasteiger partial charge in [0, 0.05) is 24.8 Å². The Labute approximate surface area is 185 Å². The molecule has 1 amide bonds. The molecule has 2 N–H and O–H groups in total. The number of rotatable bonds is 11. The number of aryl methyl sites for hydroxylation is 1. The predicted molar refractivity (Wildman–Crippen MR) is 125 cm³/mol. The van der Waals surface area contributed by atoms with Crippen LogP contribution in [-0.4, -0.2) is 49.7 Å². The van der Waals surface area contributed by atoms with Crippen LogP contribution in [0.15, 0.2) is 42.5 Å². The van der Waals surface area contributed by atoms with Crippen molar-refractivity contribution in [3.63, 3.8) is 0 Å². The second-order valence-electron chi connectivity index (χ2n) is 7.97. The van der Waals surface area contributed by atoms with Crippen molar-refractivity contribution < 1.29 is 14.3 Å². The van der Waals surface area contributed by atoms with Crippen LogP contribution in [0.3, 0.4) is 0 Å². The van der Waals surface area contributed by atoms with Gasteiger partial charge in [0.05, 0.1) is 6.61 Å². The molecule has 2 aromatic rings. The zero-order valence-electron chi connectivity index (χ0n) is 18.9. The number of carbonyl (C=O) groups is 1. The fraction of sp³-hybridized carbons (Fsp3) is 0.480. The average molecular weight is 426 g/mol. The van der Waals surface area contributed by atoms with Gasteiger partial charge in [-0.2, -0.15) is 0 Å². The van der Waals surface area contributed by atoms with Crippen LogP contribution in [0.25, 0.3) is 0 Å². The normalized spacial score (nSPS) is 16.3. The Morgan fingerprint density at radius 3 is 2.65 bits per heavy atom. The minimum Gasteiger partial charge on any atom is -0.490 e. The van der Waals surface area contributed by atoms with E-state index in [1.54, 1.807) is 0 Å². The van der Waals surface area contributed by atoms with Crippen LogP contribution in [0.4, 0.5) is 5.69 Å². The van der Waals surface area contributed by atoms with Crippen molar-refractivity contribution in [3.05, 3.63) is 53.6 Å². The topological polar surface area (TPSA) is 62.8 Å². The zero-order valence-corrected chi connectivity index (χ0v) is 18.9. The van der Waals surface area contributed by atoms with Crippen LogP contribution in [0.2, 0.25) is 0 Å². The number of amides is 1. The van der Waals surface area contributed by atoms with Crippen molar-refractivity contribution in [1.29, 1.82) is 0 Å². The molecule has 0 saturated carbocycles. The minimum atomic E-state index is -0.200. The summed E-state index contributed by atoms with van der Waals surface area (Å²) in [6.07, 6.45) is 2.56. The molecular weight excluding hydrogens is 390 g/mol. The molecule has 1 aliphatic heterocycles. The molecule has 0 radical (unpaired) electrons. The number of nitrogens with zero attached hydrogens (tertiary/aromatic N) is 1. The van der Waals surface area contributed by atoms with Crippen molar-refractivity contribution in [2.75, 3.05) is 38.2 Å². The number of anilines is 1. The van der Waals surface area contributed by atoms with Crippen LogP contribution >= 0.6 is 0 Å². The number of ether oxygens (including phenoxy) is 2. The molecule has 31 heavy (non-hydrogen) atoms. The van der Waals surface area contributed by atoms with Crippen molar-refractivity contribution in [1.82, 2.24) is 10.2 Å². The first kappa shape index (κ1) is 23.1. The maximum Gasteiger partial charge on any atom is 0.262 e. The highest BCUT2D eigenvalue weighted by Crippen LogP contribution is 2.28. The van der Waals surface area contributed by atoms with E-state index < -0.39 is 0 Å². The standard InChI is InChI=1S/C25H35N3O3/c1-4-28-14-6-7-22(28)17-26-16-20-10-13-23(24(15-20)30-5-2)31-18-25(29)27-21-11-8-19(3)9-12-21/h8-13,15,22,26H,4-7,14,16-18H2,1-3H3,(H,27,29)/t22-/m0/s1. The van der Waals surface area contributed by atoms with Crippen molar-refractivity contribution >= 4 is 11.6 Å². The van der Waals surface area contributed by atoms with Gasteiger partial charge in [-0.1, -0.05) is 30.7 Å². The summed E-state index contributed by atoms with van der Waals surface area (Å²) in [5, 5.41) is 6.42. The largest absolute Gasteiger partial charge is 0.490 e. The van der Waals surface area contributed by atoms with E-state index in [9.17, 15) is 4.79 Å². The molecule has 168 valence electrons. The lowest BCUT2D eigenvalue weighted by atomic mass is 10.1. The van der Waals surface area contributed by atoms with E-state index in [1.807, 2.05) is 56.3 Å². The highest BCUT2D eigenvalue weighted by atomic mass is 16.5. The summed E-state index contributed by atoms with van der Waals surface area (Å²) < 4.78 is 11.5. The number of hydrogen-bond donors (Lipinski definition) is 2. The molecule has 0 aromatic heterocycles. The molecule has 1 fully saturated rings. The van der Waals surface area contributed by atoms with Gasteiger partial charge in [-0.15, -0.1) is 0 Å². The fourth-order valence-corrected chi connectivity index (χ4v) is 3.95. The molecule has 2 aromatic carbocycles. The number of carbonyl (C=O) groups excluding carboxylic acids is 1. The van der Waals surface area contributed by atoms with Gasteiger partial charge in [0.15, 0.2) is 18.1 Å². The molecule has 0 spiro atoms. The van der Waals surface area contributed by atoms with Crippen molar-refractivity contribution in [2.45, 2.75) is 46.2 Å². The Morgan fingerprint density at radius 1 is 1.10 bits per heavy atom. The molecule has 1 aliphatic rings. The molecule has 0 unspecified atom stereocenters. The van der Waals surface area contributed by atoms with Crippen LogP contribution in [0.5, 0.6) is 11.5 Å². The van der Waals surface area contributed by atoms with E-state index in [-0.39, 0.29) is 12.5 Å². The molecule has 0 bridgehead atoms. The lowest BCUT2D eigenvalue weighted by molar-refractivity contribution is -0.118. The van der Waals surface area contributed by atoms with E-state index in [1.165, 1.54) is 19.4 Å². The Morgan fingerprint density at radius 2 is 1.90 bits per heavy atom. The lowest BCUT2D eigenvalue weighted by Gasteiger charge is -2.23. The summed E-state index contributed by atoms with van der Waals surface area (Å²) >= 11 is 0. The molecule has 6 nitrogen and oxygen atoms in total. The second kappa shape index (κ2) is 11.7. The Kier molecular flexibility index (Phi) is 8.74. The summed E-state index contributed by atoms with van der Waals surface area (Å²) in [7, 11) is 0. The third-order valence-corrected chi connectivity index (χ3v) is 5.62. The summed E-state index contributed by atoms with van der Waals surface area (Å²) in [5.74, 6) is 1.05. The van der Waals surface area contributed by atoms with Gasteiger partial charge in [-0.25, -0.2) is 0 Å². The van der Waals surface area contributed by atoms with Crippen LogP contribution < -0.4 is 20.1 Å². The van der Waals surface area contributed by atoms with Gasteiger partial charge in [0.2, 0.25) is 0 Å². The summed E-state index contributed by atoms with van der Waals surface area (Å²) in [6, 6.07) is 14.2. The average Bonchev–Trinajstić information content (AvgIpc) is 3.22. The fourth-order valence-electron chi connectivity index (χ4n) is 3.95. The molecule has 1 heterocycles. The highest BCUT2D eigenvalue weighted by molar-refractivity contribution is 5.91. The Bertz CT molecular complexity index is 838. The van der Waals surface area contributed by atoms with Gasteiger partial charge in [-0.05, 0) is 69.6 Å². The third kappa shape index (κ3) is 6.97.